The van der Waals surface area contributed by atoms with Crippen LogP contribution in [0, 0.1) is 0 Å². The molecule has 5 heteroatoms. The van der Waals surface area contributed by atoms with Crippen molar-refractivity contribution in [2.24, 2.45) is 0 Å². The molecule has 2 rings (SSSR count). The quantitative estimate of drug-likeness (QED) is 0.359. The summed E-state index contributed by atoms with van der Waals surface area (Å²) < 4.78 is 16.4. The third kappa shape index (κ3) is 5.33. The maximum atomic E-state index is 12.6. The van der Waals surface area contributed by atoms with Crippen LogP contribution >= 0.6 is 0 Å². The number of allylic oxidation sites excluding steroid dienone is 1. The maximum absolute atomic E-state index is 12.6. The topological polar surface area (TPSA) is 44.8 Å². The molecule has 4 nitrogen and oxygen atoms in total. The molecule has 2 aromatic carbocycles. The second-order valence-electron chi connectivity index (χ2n) is 7.24. The summed E-state index contributed by atoms with van der Waals surface area (Å²) in [6, 6.07) is 18.0. The Hall–Kier alpha value is -2.37. The molecule has 0 unspecified atom stereocenters. The molecule has 0 aliphatic rings. The van der Waals surface area contributed by atoms with Crippen LogP contribution in [0.5, 0.6) is 5.75 Å². The van der Waals surface area contributed by atoms with Crippen molar-refractivity contribution >= 4 is 19.2 Å². The normalized spacial score (nSPS) is 13.9. The van der Waals surface area contributed by atoms with Crippen LogP contribution in [0.2, 0.25) is 18.6 Å². The summed E-state index contributed by atoms with van der Waals surface area (Å²) in [5.41, 5.74) is 0.929. The van der Waals surface area contributed by atoms with Gasteiger partial charge in [-0.3, -0.25) is 0 Å². The minimum atomic E-state index is -2.06. The molecule has 28 heavy (non-hydrogen) atoms. The van der Waals surface area contributed by atoms with Gasteiger partial charge < -0.3 is 14.2 Å². The number of carbonyl (C=O) groups excluding carboxylic acids is 1. The number of rotatable bonds is 9. The van der Waals surface area contributed by atoms with Crippen LogP contribution in [0.15, 0.2) is 66.7 Å². The van der Waals surface area contributed by atoms with E-state index in [4.69, 9.17) is 14.2 Å². The first-order valence-electron chi connectivity index (χ1n) is 9.44. The van der Waals surface area contributed by atoms with Gasteiger partial charge in [0.1, 0.15) is 5.75 Å². The summed E-state index contributed by atoms with van der Waals surface area (Å²) in [6.07, 6.45) is 3.43. The third-order valence-corrected chi connectivity index (χ3v) is 9.08. The van der Waals surface area contributed by atoms with E-state index in [1.54, 1.807) is 7.11 Å². The summed E-state index contributed by atoms with van der Waals surface area (Å²) in [7, 11) is 0.991. The van der Waals surface area contributed by atoms with Crippen LogP contribution in [-0.2, 0) is 20.9 Å². The smallest absolute Gasteiger partial charge is 0.335 e. The first-order chi connectivity index (χ1) is 13.4. The van der Waals surface area contributed by atoms with Gasteiger partial charge in [0.05, 0.1) is 28.9 Å². The predicted octanol–water partition coefficient (Wildman–Crippen LogP) is 4.32. The molecule has 0 aromatic heterocycles. The van der Waals surface area contributed by atoms with E-state index < -0.39 is 14.2 Å². The number of benzene rings is 2. The van der Waals surface area contributed by atoms with E-state index in [2.05, 4.69) is 31.3 Å². The zero-order valence-corrected chi connectivity index (χ0v) is 18.3. The highest BCUT2D eigenvalue weighted by molar-refractivity contribution is 6.91. The Morgan fingerprint density at radius 1 is 1.04 bits per heavy atom. The van der Waals surface area contributed by atoms with Gasteiger partial charge >= 0.3 is 5.97 Å². The van der Waals surface area contributed by atoms with Crippen LogP contribution in [0.1, 0.15) is 12.5 Å². The van der Waals surface area contributed by atoms with E-state index in [1.165, 1.54) is 12.3 Å². The van der Waals surface area contributed by atoms with Crippen molar-refractivity contribution in [2.75, 3.05) is 14.2 Å². The Morgan fingerprint density at radius 3 is 2.21 bits per heavy atom. The van der Waals surface area contributed by atoms with Gasteiger partial charge in [-0.25, -0.2) is 4.79 Å². The van der Waals surface area contributed by atoms with Gasteiger partial charge in [0.2, 0.25) is 0 Å². The Labute approximate surface area is 169 Å². The summed E-state index contributed by atoms with van der Waals surface area (Å²) in [4.78, 5) is 12.6. The lowest BCUT2D eigenvalue weighted by molar-refractivity contribution is -0.154. The van der Waals surface area contributed by atoms with Gasteiger partial charge in [0.25, 0.3) is 0 Å². The van der Waals surface area contributed by atoms with Crippen LogP contribution in [0.25, 0.3) is 0 Å². The van der Waals surface area contributed by atoms with E-state index in [-0.39, 0.29) is 11.5 Å². The number of carbonyl (C=O) groups is 1. The fraction of sp³-hybridized carbons (Fsp3) is 0.348. The molecule has 0 fully saturated rings. The second-order valence-corrected chi connectivity index (χ2v) is 11.9. The molecular weight excluding hydrogens is 368 g/mol. The largest absolute Gasteiger partial charge is 0.497 e. The molecule has 2 atom stereocenters. The molecule has 0 spiro atoms. The fourth-order valence-corrected chi connectivity index (χ4v) is 6.43. The number of hydrogen-bond donors (Lipinski definition) is 0. The lowest BCUT2D eigenvalue weighted by Crippen LogP contribution is -2.51. The van der Waals surface area contributed by atoms with E-state index in [0.29, 0.717) is 6.61 Å². The van der Waals surface area contributed by atoms with Gasteiger partial charge in [0.15, 0.2) is 6.10 Å². The van der Waals surface area contributed by atoms with E-state index in [1.807, 2.05) is 55.5 Å². The number of ether oxygens (including phenoxy) is 3. The standard InChI is InChI=1S/C23H30O4Si/c1-6-10-21(28(4,5)20-11-8-7-9-12-20)22(23(24)26-3)27-17-18-13-15-19(25-2)16-14-18/h6-16,21-22H,17H2,1-5H3/b10-6+/t21-,22-/m1/s1. The molecule has 2 aromatic rings. The summed E-state index contributed by atoms with van der Waals surface area (Å²) >= 11 is 0. The van der Waals surface area contributed by atoms with Gasteiger partial charge in [-0.05, 0) is 24.6 Å². The zero-order chi connectivity index (χ0) is 20.6. The van der Waals surface area contributed by atoms with Crippen molar-refractivity contribution in [1.29, 1.82) is 0 Å². The van der Waals surface area contributed by atoms with Crippen molar-refractivity contribution in [3.63, 3.8) is 0 Å². The summed E-state index contributed by atoms with van der Waals surface area (Å²) in [5.74, 6) is 0.450. The van der Waals surface area contributed by atoms with Crippen molar-refractivity contribution in [1.82, 2.24) is 0 Å². The Bertz CT molecular complexity index is 769. The molecule has 0 aliphatic carbocycles. The van der Waals surface area contributed by atoms with E-state index in [9.17, 15) is 4.79 Å². The lowest BCUT2D eigenvalue weighted by Gasteiger charge is -2.35. The Kier molecular flexibility index (Phi) is 8.02. The molecule has 0 bridgehead atoms. The van der Waals surface area contributed by atoms with Crippen LogP contribution in [0.3, 0.4) is 0 Å². The second kappa shape index (κ2) is 10.2. The third-order valence-electron chi connectivity index (χ3n) is 5.10. The highest BCUT2D eigenvalue weighted by atomic mass is 28.3. The molecule has 0 radical (unpaired) electrons. The van der Waals surface area contributed by atoms with Crippen molar-refractivity contribution in [3.8, 4) is 5.75 Å². The Balaban J connectivity index is 2.29. The summed E-state index contributed by atoms with van der Waals surface area (Å²) in [5, 5.41) is 1.28. The van der Waals surface area contributed by atoms with Gasteiger partial charge in [-0.1, -0.05) is 72.9 Å². The van der Waals surface area contributed by atoms with Crippen molar-refractivity contribution in [3.05, 3.63) is 72.3 Å². The average molecular weight is 399 g/mol. The molecular formula is C23H30O4Si. The van der Waals surface area contributed by atoms with Crippen LogP contribution < -0.4 is 9.92 Å². The summed E-state index contributed by atoms with van der Waals surface area (Å²) in [6.45, 7) is 6.83. The van der Waals surface area contributed by atoms with Crippen molar-refractivity contribution < 1.29 is 19.0 Å². The maximum Gasteiger partial charge on any atom is 0.335 e. The first kappa shape index (κ1) is 21.9. The van der Waals surface area contributed by atoms with Crippen molar-refractivity contribution in [2.45, 2.75) is 38.3 Å². The first-order valence-corrected chi connectivity index (χ1v) is 12.5. The molecule has 0 amide bonds. The fourth-order valence-electron chi connectivity index (χ4n) is 3.33. The van der Waals surface area contributed by atoms with Crippen LogP contribution in [-0.4, -0.2) is 34.4 Å². The molecule has 0 aliphatic heterocycles. The van der Waals surface area contributed by atoms with E-state index >= 15 is 0 Å². The van der Waals surface area contributed by atoms with Gasteiger partial charge in [-0.2, -0.15) is 0 Å². The number of esters is 1. The number of hydrogen-bond acceptors (Lipinski definition) is 4. The molecule has 0 saturated heterocycles. The predicted molar refractivity (Wildman–Crippen MR) is 116 cm³/mol. The molecule has 0 saturated carbocycles. The van der Waals surface area contributed by atoms with Gasteiger partial charge in [-0.15, -0.1) is 0 Å². The lowest BCUT2D eigenvalue weighted by atomic mass is 10.2. The van der Waals surface area contributed by atoms with Gasteiger partial charge in [0, 0.05) is 5.54 Å². The highest BCUT2D eigenvalue weighted by Gasteiger charge is 2.41. The highest BCUT2D eigenvalue weighted by Crippen LogP contribution is 2.31. The number of methoxy groups -OCH3 is 2. The van der Waals surface area contributed by atoms with Crippen LogP contribution in [0.4, 0.5) is 0 Å². The Morgan fingerprint density at radius 2 is 1.68 bits per heavy atom. The van der Waals surface area contributed by atoms with E-state index in [0.717, 1.165) is 11.3 Å². The average Bonchev–Trinajstić information content (AvgIpc) is 2.73. The molecule has 0 heterocycles. The molecule has 150 valence electrons. The SMILES string of the molecule is C/C=C/[C@H]([C@@H](OCc1ccc(OC)cc1)C(=O)OC)[Si](C)(C)c1ccccc1. The minimum Gasteiger partial charge on any atom is -0.497 e. The monoisotopic (exact) mass is 398 g/mol. The molecule has 0 N–H and O–H groups in total. The minimum absolute atomic E-state index is 0.0504. The zero-order valence-electron chi connectivity index (χ0n) is 17.3.